The summed E-state index contributed by atoms with van der Waals surface area (Å²) >= 11 is 0. The van der Waals surface area contributed by atoms with Crippen LogP contribution in [0.25, 0.3) is 5.57 Å². The van der Waals surface area contributed by atoms with Crippen molar-refractivity contribution >= 4 is 5.57 Å². The lowest BCUT2D eigenvalue weighted by Gasteiger charge is -2.37. The van der Waals surface area contributed by atoms with E-state index in [2.05, 4.69) is 13.0 Å². The maximum atomic E-state index is 10.2. The minimum absolute atomic E-state index is 0.0777. The molecule has 19 heavy (non-hydrogen) atoms. The topological polar surface area (TPSA) is 40.5 Å². The average molecular weight is 258 g/mol. The molecule has 3 rings (SSSR count). The van der Waals surface area contributed by atoms with Crippen LogP contribution >= 0.6 is 0 Å². The number of allylic oxidation sites excluding steroid dienone is 2. The van der Waals surface area contributed by atoms with E-state index in [-0.39, 0.29) is 11.5 Å². The number of phenols is 1. The van der Waals surface area contributed by atoms with E-state index in [1.54, 1.807) is 6.07 Å². The highest BCUT2D eigenvalue weighted by Crippen LogP contribution is 2.52. The van der Waals surface area contributed by atoms with Crippen molar-refractivity contribution in [2.45, 2.75) is 45.6 Å². The van der Waals surface area contributed by atoms with E-state index in [0.29, 0.717) is 11.7 Å². The fourth-order valence-corrected chi connectivity index (χ4v) is 3.83. The van der Waals surface area contributed by atoms with Crippen molar-refractivity contribution < 1.29 is 10.2 Å². The van der Waals surface area contributed by atoms with Gasteiger partial charge in [-0.1, -0.05) is 19.1 Å². The van der Waals surface area contributed by atoms with Crippen LogP contribution in [-0.4, -0.2) is 16.3 Å². The summed E-state index contributed by atoms with van der Waals surface area (Å²) in [6.07, 6.45) is 6.34. The van der Waals surface area contributed by atoms with E-state index >= 15 is 0 Å². The van der Waals surface area contributed by atoms with Crippen LogP contribution in [0.4, 0.5) is 0 Å². The fraction of sp³-hybridized carbons (Fsp3) is 0.529. The standard InChI is InChI=1S/C17H22O2/c1-11-9-14(18)4-5-15(11)12-7-8-17(2)13(10-12)3-6-16(17)19/h4-5,9-10,13,16,18-19H,3,6-8H2,1-2H3/t13?,16-,17-/m0/s1. The number of fused-ring (bicyclic) bond motifs is 1. The summed E-state index contributed by atoms with van der Waals surface area (Å²) in [7, 11) is 0. The zero-order valence-corrected chi connectivity index (χ0v) is 11.7. The summed E-state index contributed by atoms with van der Waals surface area (Å²) in [6.45, 7) is 4.28. The molecule has 2 N–H and O–H groups in total. The van der Waals surface area contributed by atoms with Gasteiger partial charge >= 0.3 is 0 Å². The third-order valence-electron chi connectivity index (χ3n) is 5.25. The molecule has 0 radical (unpaired) electrons. The first-order valence-corrected chi connectivity index (χ1v) is 7.19. The van der Waals surface area contributed by atoms with E-state index in [0.717, 1.165) is 31.2 Å². The van der Waals surface area contributed by atoms with Gasteiger partial charge in [0.2, 0.25) is 0 Å². The Bertz CT molecular complexity index is 532. The SMILES string of the molecule is Cc1cc(O)ccc1C1=CC2CC[C@H](O)[C@@]2(C)CC1. The van der Waals surface area contributed by atoms with Gasteiger partial charge in [-0.25, -0.2) is 0 Å². The molecule has 0 spiro atoms. The van der Waals surface area contributed by atoms with Gasteiger partial charge in [0.15, 0.2) is 0 Å². The Morgan fingerprint density at radius 3 is 2.79 bits per heavy atom. The quantitative estimate of drug-likeness (QED) is 0.807. The summed E-state index contributed by atoms with van der Waals surface area (Å²) in [5.74, 6) is 0.832. The molecule has 2 nitrogen and oxygen atoms in total. The lowest BCUT2D eigenvalue weighted by molar-refractivity contribution is 0.0419. The minimum Gasteiger partial charge on any atom is -0.508 e. The van der Waals surface area contributed by atoms with Crippen LogP contribution in [-0.2, 0) is 0 Å². The lowest BCUT2D eigenvalue weighted by atomic mass is 9.69. The number of phenolic OH excluding ortho intramolecular Hbond substituents is 1. The van der Waals surface area contributed by atoms with Crippen molar-refractivity contribution in [3.8, 4) is 5.75 Å². The van der Waals surface area contributed by atoms with Gasteiger partial charge in [0.1, 0.15) is 5.75 Å². The molecule has 2 aliphatic carbocycles. The Morgan fingerprint density at radius 2 is 2.05 bits per heavy atom. The summed E-state index contributed by atoms with van der Waals surface area (Å²) in [5, 5.41) is 19.7. The molecular formula is C17H22O2. The minimum atomic E-state index is -0.142. The van der Waals surface area contributed by atoms with Crippen LogP contribution in [0.1, 0.15) is 43.7 Å². The summed E-state index contributed by atoms with van der Waals surface area (Å²) in [5.41, 5.74) is 3.85. The second-order valence-electron chi connectivity index (χ2n) is 6.40. The lowest BCUT2D eigenvalue weighted by Crippen LogP contribution is -2.33. The van der Waals surface area contributed by atoms with Gasteiger partial charge in [-0.2, -0.15) is 0 Å². The normalized spacial score (nSPS) is 33.9. The van der Waals surface area contributed by atoms with Crippen molar-refractivity contribution in [3.63, 3.8) is 0 Å². The molecule has 0 bridgehead atoms. The van der Waals surface area contributed by atoms with Gasteiger partial charge in [-0.05, 0) is 67.4 Å². The van der Waals surface area contributed by atoms with Crippen molar-refractivity contribution in [2.24, 2.45) is 11.3 Å². The molecule has 0 amide bonds. The molecule has 3 atom stereocenters. The van der Waals surface area contributed by atoms with Crippen LogP contribution < -0.4 is 0 Å². The molecule has 1 fully saturated rings. The zero-order valence-electron chi connectivity index (χ0n) is 11.7. The van der Waals surface area contributed by atoms with Crippen LogP contribution in [0.5, 0.6) is 5.75 Å². The number of aryl methyl sites for hydroxylation is 1. The molecule has 0 aromatic heterocycles. The predicted molar refractivity (Wildman–Crippen MR) is 76.9 cm³/mol. The zero-order chi connectivity index (χ0) is 13.6. The number of hydrogen-bond donors (Lipinski definition) is 2. The molecule has 0 heterocycles. The van der Waals surface area contributed by atoms with Crippen molar-refractivity contribution in [2.75, 3.05) is 0 Å². The van der Waals surface area contributed by atoms with Crippen molar-refractivity contribution in [1.82, 2.24) is 0 Å². The van der Waals surface area contributed by atoms with Gasteiger partial charge < -0.3 is 10.2 Å². The third kappa shape index (κ3) is 1.99. The average Bonchev–Trinajstić information content (AvgIpc) is 2.66. The Morgan fingerprint density at radius 1 is 1.26 bits per heavy atom. The smallest absolute Gasteiger partial charge is 0.115 e. The van der Waals surface area contributed by atoms with Crippen LogP contribution in [0.15, 0.2) is 24.3 Å². The number of benzene rings is 1. The number of rotatable bonds is 1. The summed E-state index contributed by atoms with van der Waals surface area (Å²) in [4.78, 5) is 0. The highest BCUT2D eigenvalue weighted by atomic mass is 16.3. The second kappa shape index (κ2) is 4.38. The third-order valence-corrected chi connectivity index (χ3v) is 5.25. The Hall–Kier alpha value is -1.28. The van der Waals surface area contributed by atoms with Gasteiger partial charge in [0.25, 0.3) is 0 Å². The molecule has 1 saturated carbocycles. The van der Waals surface area contributed by atoms with Gasteiger partial charge in [0, 0.05) is 5.41 Å². The van der Waals surface area contributed by atoms with Crippen LogP contribution in [0, 0.1) is 18.3 Å². The maximum absolute atomic E-state index is 10.2. The molecule has 1 aromatic rings. The monoisotopic (exact) mass is 258 g/mol. The Kier molecular flexibility index (Phi) is 2.94. The molecule has 0 aliphatic heterocycles. The Labute approximate surface area is 114 Å². The van der Waals surface area contributed by atoms with Crippen molar-refractivity contribution in [3.05, 3.63) is 35.4 Å². The molecule has 1 aromatic carbocycles. The van der Waals surface area contributed by atoms with Gasteiger partial charge in [-0.3, -0.25) is 0 Å². The first-order valence-electron chi connectivity index (χ1n) is 7.19. The molecular weight excluding hydrogens is 236 g/mol. The maximum Gasteiger partial charge on any atom is 0.115 e. The molecule has 2 heteroatoms. The molecule has 1 unspecified atom stereocenters. The van der Waals surface area contributed by atoms with E-state index in [1.165, 1.54) is 11.1 Å². The fourth-order valence-electron chi connectivity index (χ4n) is 3.83. The first kappa shape index (κ1) is 12.7. The Balaban J connectivity index is 1.96. The van der Waals surface area contributed by atoms with E-state index in [1.807, 2.05) is 19.1 Å². The van der Waals surface area contributed by atoms with E-state index < -0.39 is 0 Å². The summed E-state index contributed by atoms with van der Waals surface area (Å²) < 4.78 is 0. The van der Waals surface area contributed by atoms with E-state index in [9.17, 15) is 10.2 Å². The highest BCUT2D eigenvalue weighted by Gasteiger charge is 2.46. The number of aromatic hydroxyl groups is 1. The van der Waals surface area contributed by atoms with Crippen molar-refractivity contribution in [1.29, 1.82) is 0 Å². The predicted octanol–water partition coefficient (Wildman–Crippen LogP) is 3.66. The number of hydrogen-bond acceptors (Lipinski definition) is 2. The molecule has 0 saturated heterocycles. The summed E-state index contributed by atoms with van der Waals surface area (Å²) in [6, 6.07) is 5.61. The largest absolute Gasteiger partial charge is 0.508 e. The van der Waals surface area contributed by atoms with Gasteiger partial charge in [-0.15, -0.1) is 0 Å². The first-order chi connectivity index (χ1) is 9.00. The second-order valence-corrected chi connectivity index (χ2v) is 6.40. The molecule has 102 valence electrons. The van der Waals surface area contributed by atoms with E-state index in [4.69, 9.17) is 0 Å². The van der Waals surface area contributed by atoms with Crippen LogP contribution in [0.2, 0.25) is 0 Å². The highest BCUT2D eigenvalue weighted by molar-refractivity contribution is 5.70. The number of aliphatic hydroxyl groups is 1. The number of aliphatic hydroxyl groups excluding tert-OH is 1. The van der Waals surface area contributed by atoms with Crippen LogP contribution in [0.3, 0.4) is 0 Å². The van der Waals surface area contributed by atoms with Gasteiger partial charge in [0.05, 0.1) is 6.10 Å². The molecule has 2 aliphatic rings.